The summed E-state index contributed by atoms with van der Waals surface area (Å²) >= 11 is 0. The molecule has 1 N–H and O–H groups in total. The Morgan fingerprint density at radius 1 is 1.00 bits per heavy atom. The van der Waals surface area contributed by atoms with Gasteiger partial charge in [-0.15, -0.1) is 0 Å². The van der Waals surface area contributed by atoms with E-state index in [2.05, 4.69) is 5.16 Å². The number of hydrogen-bond acceptors (Lipinski definition) is 6. The third-order valence-corrected chi connectivity index (χ3v) is 5.74. The van der Waals surface area contributed by atoms with Crippen molar-refractivity contribution in [3.8, 4) is 5.75 Å². The van der Waals surface area contributed by atoms with Crippen molar-refractivity contribution in [1.82, 2.24) is 5.16 Å². The number of carbonyl (C=O) groups is 2. The number of amides is 1. The minimum Gasteiger partial charge on any atom is -0.507 e. The molecule has 0 bridgehead atoms. The van der Waals surface area contributed by atoms with Gasteiger partial charge in [0.15, 0.2) is 5.82 Å². The number of hydrogen-bond donors (Lipinski definition) is 1. The average Bonchev–Trinajstić information content (AvgIpc) is 3.38. The van der Waals surface area contributed by atoms with Gasteiger partial charge < -0.3 is 14.4 Å². The third kappa shape index (κ3) is 3.43. The van der Waals surface area contributed by atoms with Crippen LogP contribution in [-0.4, -0.2) is 29.1 Å². The van der Waals surface area contributed by atoms with E-state index < -0.39 is 17.7 Å². The van der Waals surface area contributed by atoms with Crippen LogP contribution in [0.25, 0.3) is 16.5 Å². The van der Waals surface area contributed by atoms with Crippen LogP contribution in [0.15, 0.2) is 82.9 Å². The van der Waals surface area contributed by atoms with E-state index in [1.165, 1.54) is 12.0 Å². The van der Waals surface area contributed by atoms with Crippen molar-refractivity contribution in [3.05, 3.63) is 95.3 Å². The van der Waals surface area contributed by atoms with E-state index in [0.29, 0.717) is 22.6 Å². The summed E-state index contributed by atoms with van der Waals surface area (Å²) in [4.78, 5) is 27.6. The number of methoxy groups -OCH3 is 1. The molecule has 2 heterocycles. The van der Waals surface area contributed by atoms with E-state index in [4.69, 9.17) is 9.26 Å². The molecule has 1 saturated heterocycles. The monoisotopic (exact) mass is 440 g/mol. The van der Waals surface area contributed by atoms with Crippen molar-refractivity contribution >= 4 is 34.0 Å². The maximum Gasteiger partial charge on any atom is 0.301 e. The van der Waals surface area contributed by atoms with E-state index in [1.54, 1.807) is 49.4 Å². The summed E-state index contributed by atoms with van der Waals surface area (Å²) in [6, 6.07) is 20.8. The topological polar surface area (TPSA) is 92.9 Å². The molecule has 4 aromatic rings. The maximum atomic E-state index is 13.2. The van der Waals surface area contributed by atoms with Gasteiger partial charge in [-0.25, -0.2) is 0 Å². The molecule has 1 amide bonds. The highest BCUT2D eigenvalue weighted by Crippen LogP contribution is 2.42. The molecule has 3 aromatic carbocycles. The molecule has 1 fully saturated rings. The largest absolute Gasteiger partial charge is 0.507 e. The minimum atomic E-state index is -0.906. The molecule has 1 atom stereocenters. The molecule has 0 spiro atoms. The summed E-state index contributed by atoms with van der Waals surface area (Å²) < 4.78 is 10.5. The van der Waals surface area contributed by atoms with Crippen LogP contribution in [0.5, 0.6) is 5.75 Å². The number of fused-ring (bicyclic) bond motifs is 1. The molecule has 0 radical (unpaired) electrons. The molecule has 0 saturated carbocycles. The SMILES string of the molecule is COc1cccc([C@@H]2C(=C(O)c3ccc4ccccc4c3)C(=O)C(=O)N2c2cc(C)on2)c1. The van der Waals surface area contributed by atoms with Crippen molar-refractivity contribution < 1.29 is 24.0 Å². The number of aliphatic hydroxyl groups is 1. The van der Waals surface area contributed by atoms with E-state index in [9.17, 15) is 14.7 Å². The van der Waals surface area contributed by atoms with Crippen LogP contribution in [-0.2, 0) is 9.59 Å². The Morgan fingerprint density at radius 3 is 2.52 bits per heavy atom. The molecule has 7 nitrogen and oxygen atoms in total. The van der Waals surface area contributed by atoms with Gasteiger partial charge in [0.1, 0.15) is 17.3 Å². The number of carbonyl (C=O) groups excluding carboxylic acids is 2. The summed E-state index contributed by atoms with van der Waals surface area (Å²) in [7, 11) is 1.53. The zero-order valence-corrected chi connectivity index (χ0v) is 18.0. The van der Waals surface area contributed by atoms with Gasteiger partial charge >= 0.3 is 5.91 Å². The van der Waals surface area contributed by atoms with Crippen LogP contribution in [0.1, 0.15) is 22.9 Å². The van der Waals surface area contributed by atoms with E-state index in [0.717, 1.165) is 10.8 Å². The first-order valence-electron chi connectivity index (χ1n) is 10.4. The fourth-order valence-electron chi connectivity index (χ4n) is 4.15. The van der Waals surface area contributed by atoms with Gasteiger partial charge in [0.05, 0.1) is 18.7 Å². The van der Waals surface area contributed by atoms with Gasteiger partial charge in [0, 0.05) is 11.6 Å². The normalized spacial score (nSPS) is 17.6. The molecule has 0 unspecified atom stereocenters. The second kappa shape index (κ2) is 7.94. The minimum absolute atomic E-state index is 0.0239. The van der Waals surface area contributed by atoms with Gasteiger partial charge in [0.25, 0.3) is 5.78 Å². The van der Waals surface area contributed by atoms with Crippen molar-refractivity contribution in [1.29, 1.82) is 0 Å². The number of benzene rings is 3. The lowest BCUT2D eigenvalue weighted by atomic mass is 9.94. The fourth-order valence-corrected chi connectivity index (χ4v) is 4.15. The smallest absolute Gasteiger partial charge is 0.301 e. The number of anilines is 1. The number of ketones is 1. The Balaban J connectivity index is 1.73. The summed E-state index contributed by atoms with van der Waals surface area (Å²) in [6.45, 7) is 1.70. The Hall–Kier alpha value is -4.39. The van der Waals surface area contributed by atoms with Crippen molar-refractivity contribution in [3.63, 3.8) is 0 Å². The lowest BCUT2D eigenvalue weighted by Gasteiger charge is -2.23. The second-order valence-electron chi connectivity index (χ2n) is 7.80. The predicted octanol–water partition coefficient (Wildman–Crippen LogP) is 4.77. The first-order chi connectivity index (χ1) is 16.0. The summed E-state index contributed by atoms with van der Waals surface area (Å²) in [5.74, 6) is -0.604. The van der Waals surface area contributed by atoms with Crippen LogP contribution in [0.2, 0.25) is 0 Å². The molecule has 1 aliphatic rings. The molecule has 7 heteroatoms. The first kappa shape index (κ1) is 20.5. The molecule has 0 aliphatic carbocycles. The molecule has 1 aromatic heterocycles. The van der Waals surface area contributed by atoms with Crippen molar-refractivity contribution in [2.45, 2.75) is 13.0 Å². The van der Waals surface area contributed by atoms with E-state index >= 15 is 0 Å². The van der Waals surface area contributed by atoms with Gasteiger partial charge in [-0.2, -0.15) is 0 Å². The van der Waals surface area contributed by atoms with E-state index in [1.807, 2.05) is 30.3 Å². The Bertz CT molecular complexity index is 1440. The first-order valence-corrected chi connectivity index (χ1v) is 10.4. The highest BCUT2D eigenvalue weighted by atomic mass is 16.5. The van der Waals surface area contributed by atoms with Crippen molar-refractivity contribution in [2.75, 3.05) is 12.0 Å². The molecule has 164 valence electrons. The highest BCUT2D eigenvalue weighted by Gasteiger charge is 2.48. The molecule has 33 heavy (non-hydrogen) atoms. The zero-order valence-electron chi connectivity index (χ0n) is 18.0. The quantitative estimate of drug-likeness (QED) is 0.279. The third-order valence-electron chi connectivity index (χ3n) is 5.74. The lowest BCUT2D eigenvalue weighted by Crippen LogP contribution is -2.29. The van der Waals surface area contributed by atoms with Crippen LogP contribution in [0.3, 0.4) is 0 Å². The number of rotatable bonds is 4. The number of ether oxygens (including phenoxy) is 1. The summed E-state index contributed by atoms with van der Waals surface area (Å²) in [5.41, 5.74) is 1.01. The number of nitrogens with zero attached hydrogens (tertiary/aromatic N) is 2. The Morgan fingerprint density at radius 2 is 1.79 bits per heavy atom. The number of aliphatic hydroxyl groups excluding tert-OH is 1. The second-order valence-corrected chi connectivity index (χ2v) is 7.80. The number of aryl methyl sites for hydroxylation is 1. The summed E-state index contributed by atoms with van der Waals surface area (Å²) in [5, 5.41) is 17.2. The highest BCUT2D eigenvalue weighted by molar-refractivity contribution is 6.51. The molecule has 5 rings (SSSR count). The molecular weight excluding hydrogens is 420 g/mol. The predicted molar refractivity (Wildman–Crippen MR) is 123 cm³/mol. The summed E-state index contributed by atoms with van der Waals surface area (Å²) in [6.07, 6.45) is 0. The number of Topliss-reactive ketones (excluding diaryl/α,β-unsaturated/α-hetero) is 1. The van der Waals surface area contributed by atoms with Gasteiger partial charge in [0.2, 0.25) is 0 Å². The zero-order chi connectivity index (χ0) is 23.1. The van der Waals surface area contributed by atoms with E-state index in [-0.39, 0.29) is 17.2 Å². The van der Waals surface area contributed by atoms with Gasteiger partial charge in [-0.05, 0) is 41.5 Å². The Labute approximate surface area is 189 Å². The lowest BCUT2D eigenvalue weighted by molar-refractivity contribution is -0.132. The van der Waals surface area contributed by atoms with Crippen molar-refractivity contribution in [2.24, 2.45) is 0 Å². The standard InChI is InChI=1S/C26H20N2O5/c1-15-12-21(27-33-15)28-23(18-8-5-9-20(14-18)32-2)22(25(30)26(28)31)24(29)19-11-10-16-6-3-4-7-17(16)13-19/h3-14,23,29H,1-2H3/t23-/m1/s1. The molecular formula is C26H20N2O5. The maximum absolute atomic E-state index is 13.2. The average molecular weight is 440 g/mol. The van der Waals surface area contributed by atoms with Gasteiger partial charge in [-0.3, -0.25) is 14.5 Å². The number of aromatic nitrogens is 1. The van der Waals surface area contributed by atoms with Gasteiger partial charge in [-0.1, -0.05) is 53.7 Å². The Kier molecular flexibility index (Phi) is 4.94. The van der Waals surface area contributed by atoms with Crippen LogP contribution < -0.4 is 9.64 Å². The van der Waals surface area contributed by atoms with Crippen LogP contribution in [0, 0.1) is 6.92 Å². The van der Waals surface area contributed by atoms with Crippen LogP contribution in [0.4, 0.5) is 5.82 Å². The fraction of sp³-hybridized carbons (Fsp3) is 0.115. The molecule has 1 aliphatic heterocycles. The van der Waals surface area contributed by atoms with Crippen LogP contribution >= 0.6 is 0 Å².